The van der Waals surface area contributed by atoms with Gasteiger partial charge in [0.1, 0.15) is 5.56 Å². The average Bonchev–Trinajstić information content (AvgIpc) is 2.73. The molecule has 0 aromatic carbocycles. The Balaban J connectivity index is 1.74. The summed E-state index contributed by atoms with van der Waals surface area (Å²) < 4.78 is 5.00. The molecule has 0 bridgehead atoms. The summed E-state index contributed by atoms with van der Waals surface area (Å²) in [5.41, 5.74) is 5.62. The predicted octanol–water partition coefficient (Wildman–Crippen LogP) is 2.33. The smallest absolute Gasteiger partial charge is 0.313 e. The van der Waals surface area contributed by atoms with Gasteiger partial charge in [-0.1, -0.05) is 26.2 Å². The lowest BCUT2D eigenvalue weighted by Crippen LogP contribution is -2.53. The summed E-state index contributed by atoms with van der Waals surface area (Å²) in [4.78, 5) is 43.0. The van der Waals surface area contributed by atoms with Crippen molar-refractivity contribution in [3.63, 3.8) is 0 Å². The summed E-state index contributed by atoms with van der Waals surface area (Å²) in [6.45, 7) is 2.71. The van der Waals surface area contributed by atoms with Crippen molar-refractivity contribution in [2.75, 3.05) is 19.0 Å². The van der Waals surface area contributed by atoms with Crippen LogP contribution in [0.2, 0.25) is 0 Å². The molecule has 1 saturated carbocycles. The highest BCUT2D eigenvalue weighted by Crippen LogP contribution is 2.35. The van der Waals surface area contributed by atoms with Gasteiger partial charge in [0, 0.05) is 12.6 Å². The van der Waals surface area contributed by atoms with Crippen LogP contribution in [0.3, 0.4) is 0 Å². The number of hydrogen-bond donors (Lipinski definition) is 2. The molecule has 8 heteroatoms. The van der Waals surface area contributed by atoms with Crippen LogP contribution >= 0.6 is 0 Å². The first-order valence-corrected chi connectivity index (χ1v) is 10.4. The van der Waals surface area contributed by atoms with Crippen LogP contribution in [0.4, 0.5) is 5.69 Å². The van der Waals surface area contributed by atoms with Crippen LogP contribution in [0.1, 0.15) is 62.2 Å². The lowest BCUT2D eigenvalue weighted by atomic mass is 9.78. The molecule has 2 fully saturated rings. The predicted molar refractivity (Wildman–Crippen MR) is 108 cm³/mol. The monoisotopic (exact) mass is 402 g/mol. The van der Waals surface area contributed by atoms with Crippen molar-refractivity contribution in [1.29, 1.82) is 0 Å². The van der Waals surface area contributed by atoms with Gasteiger partial charge < -0.3 is 20.7 Å². The van der Waals surface area contributed by atoms with Gasteiger partial charge in [-0.2, -0.15) is 0 Å². The van der Waals surface area contributed by atoms with Crippen LogP contribution in [0.15, 0.2) is 12.3 Å². The standard InChI is InChI=1S/C21H30N4O4/c1-13-8-9-17(14-6-4-3-5-7-14)25(12-13)21(28)19(27)24-15-10-16(18(22)26)20(29-2)23-11-15/h10-11,13-14,17H,3-9,12H2,1-2H3,(H2,22,26)(H,24,27)/t13-,17+/m1/s1. The molecule has 1 saturated heterocycles. The Kier molecular flexibility index (Phi) is 6.71. The normalized spacial score (nSPS) is 22.8. The van der Waals surface area contributed by atoms with Gasteiger partial charge in [-0.25, -0.2) is 4.98 Å². The molecule has 3 amide bonds. The maximum atomic E-state index is 13.0. The van der Waals surface area contributed by atoms with Crippen LogP contribution in [-0.2, 0) is 9.59 Å². The van der Waals surface area contributed by atoms with Gasteiger partial charge in [0.15, 0.2) is 0 Å². The number of primary amides is 1. The quantitative estimate of drug-likeness (QED) is 0.750. The number of anilines is 1. The van der Waals surface area contributed by atoms with Gasteiger partial charge >= 0.3 is 11.8 Å². The fourth-order valence-corrected chi connectivity index (χ4v) is 4.59. The lowest BCUT2D eigenvalue weighted by molar-refractivity contribution is -0.147. The summed E-state index contributed by atoms with van der Waals surface area (Å²) >= 11 is 0. The molecule has 158 valence electrons. The molecule has 1 aliphatic carbocycles. The van der Waals surface area contributed by atoms with Gasteiger partial charge in [0.2, 0.25) is 5.88 Å². The second-order valence-corrected chi connectivity index (χ2v) is 8.20. The number of pyridine rings is 1. The molecular weight excluding hydrogens is 372 g/mol. The van der Waals surface area contributed by atoms with E-state index in [9.17, 15) is 14.4 Å². The SMILES string of the molecule is COc1ncc(NC(=O)C(=O)N2C[C@H](C)CC[C@H]2C2CCCCC2)cc1C(N)=O. The van der Waals surface area contributed by atoms with Gasteiger partial charge in [-0.05, 0) is 43.6 Å². The topological polar surface area (TPSA) is 115 Å². The number of nitrogens with one attached hydrogen (secondary N) is 1. The molecule has 3 N–H and O–H groups in total. The number of carbonyl (C=O) groups excluding carboxylic acids is 3. The number of rotatable bonds is 4. The van der Waals surface area contributed by atoms with E-state index in [2.05, 4.69) is 17.2 Å². The average molecular weight is 402 g/mol. The molecule has 2 aliphatic rings. The number of methoxy groups -OCH3 is 1. The molecule has 8 nitrogen and oxygen atoms in total. The highest BCUT2D eigenvalue weighted by atomic mass is 16.5. The minimum Gasteiger partial charge on any atom is -0.480 e. The molecule has 2 heterocycles. The second-order valence-electron chi connectivity index (χ2n) is 8.20. The van der Waals surface area contributed by atoms with E-state index in [0.717, 1.165) is 25.7 Å². The number of nitrogens with zero attached hydrogens (tertiary/aromatic N) is 2. The van der Waals surface area contributed by atoms with E-state index >= 15 is 0 Å². The summed E-state index contributed by atoms with van der Waals surface area (Å²) in [5.74, 6) is -1.05. The van der Waals surface area contributed by atoms with E-state index in [-0.39, 0.29) is 23.2 Å². The molecule has 0 radical (unpaired) electrons. The third-order valence-electron chi connectivity index (χ3n) is 6.08. The zero-order valence-corrected chi connectivity index (χ0v) is 17.1. The van der Waals surface area contributed by atoms with Crippen LogP contribution in [-0.4, -0.2) is 47.3 Å². The van der Waals surface area contributed by atoms with Crippen molar-refractivity contribution in [3.05, 3.63) is 17.8 Å². The Bertz CT molecular complexity index is 776. The first-order valence-electron chi connectivity index (χ1n) is 10.4. The van der Waals surface area contributed by atoms with E-state index in [1.54, 1.807) is 4.90 Å². The maximum absolute atomic E-state index is 13.0. The molecule has 29 heavy (non-hydrogen) atoms. The van der Waals surface area contributed by atoms with Gasteiger partial charge in [-0.15, -0.1) is 0 Å². The minimum absolute atomic E-state index is 0.0458. The maximum Gasteiger partial charge on any atom is 0.313 e. The van der Waals surface area contributed by atoms with Gasteiger partial charge in [0.05, 0.1) is 19.0 Å². The minimum atomic E-state index is -0.723. The Labute approximate surface area is 171 Å². The van der Waals surface area contributed by atoms with Crippen molar-refractivity contribution in [2.24, 2.45) is 17.6 Å². The van der Waals surface area contributed by atoms with E-state index in [1.165, 1.54) is 38.6 Å². The highest BCUT2D eigenvalue weighted by Gasteiger charge is 2.37. The van der Waals surface area contributed by atoms with Crippen LogP contribution in [0, 0.1) is 11.8 Å². The van der Waals surface area contributed by atoms with Crippen molar-refractivity contribution in [2.45, 2.75) is 57.9 Å². The molecule has 1 aromatic heterocycles. The first-order chi connectivity index (χ1) is 13.9. The Hall–Kier alpha value is -2.64. The molecule has 0 spiro atoms. The Morgan fingerprint density at radius 2 is 1.90 bits per heavy atom. The molecular formula is C21H30N4O4. The Morgan fingerprint density at radius 3 is 2.55 bits per heavy atom. The van der Waals surface area contributed by atoms with Crippen molar-refractivity contribution in [3.8, 4) is 5.88 Å². The third kappa shape index (κ3) is 4.86. The second kappa shape index (κ2) is 9.24. The zero-order chi connectivity index (χ0) is 21.0. The number of amides is 3. The zero-order valence-electron chi connectivity index (χ0n) is 17.1. The molecule has 3 rings (SSSR count). The fourth-order valence-electron chi connectivity index (χ4n) is 4.59. The number of hydrogen-bond acceptors (Lipinski definition) is 5. The number of aromatic nitrogens is 1. The lowest BCUT2D eigenvalue weighted by Gasteiger charge is -2.43. The van der Waals surface area contributed by atoms with E-state index in [0.29, 0.717) is 18.4 Å². The van der Waals surface area contributed by atoms with E-state index < -0.39 is 17.7 Å². The van der Waals surface area contributed by atoms with E-state index in [1.807, 2.05) is 0 Å². The number of carbonyl (C=O) groups is 3. The van der Waals surface area contributed by atoms with Crippen molar-refractivity contribution >= 4 is 23.4 Å². The molecule has 0 unspecified atom stereocenters. The largest absolute Gasteiger partial charge is 0.480 e. The van der Waals surface area contributed by atoms with Crippen LogP contribution in [0.5, 0.6) is 5.88 Å². The number of nitrogens with two attached hydrogens (primary N) is 1. The molecule has 2 atom stereocenters. The van der Waals surface area contributed by atoms with Gasteiger partial charge in [0.25, 0.3) is 5.91 Å². The molecule has 1 aliphatic heterocycles. The number of piperidine rings is 1. The summed E-state index contributed by atoms with van der Waals surface area (Å²) in [6, 6.07) is 1.50. The highest BCUT2D eigenvalue weighted by molar-refractivity contribution is 6.39. The van der Waals surface area contributed by atoms with Crippen molar-refractivity contribution in [1.82, 2.24) is 9.88 Å². The van der Waals surface area contributed by atoms with Gasteiger partial charge in [-0.3, -0.25) is 14.4 Å². The van der Waals surface area contributed by atoms with Crippen LogP contribution in [0.25, 0.3) is 0 Å². The van der Waals surface area contributed by atoms with Crippen molar-refractivity contribution < 1.29 is 19.1 Å². The number of likely N-dealkylation sites (tertiary alicyclic amines) is 1. The fraction of sp³-hybridized carbons (Fsp3) is 0.619. The summed E-state index contributed by atoms with van der Waals surface area (Å²) in [6.07, 6.45) is 9.24. The third-order valence-corrected chi connectivity index (χ3v) is 6.08. The molecule has 1 aromatic rings. The van der Waals surface area contributed by atoms with E-state index in [4.69, 9.17) is 10.5 Å². The first kappa shape index (κ1) is 21.1. The Morgan fingerprint density at radius 1 is 1.17 bits per heavy atom. The number of ether oxygens (including phenoxy) is 1. The summed E-state index contributed by atoms with van der Waals surface area (Å²) in [5, 5.41) is 2.57. The summed E-state index contributed by atoms with van der Waals surface area (Å²) in [7, 11) is 1.37. The van der Waals surface area contributed by atoms with Crippen LogP contribution < -0.4 is 15.8 Å².